The van der Waals surface area contributed by atoms with Crippen molar-refractivity contribution in [2.75, 3.05) is 30.3 Å². The third-order valence-electron chi connectivity index (χ3n) is 5.63. The lowest BCUT2D eigenvalue weighted by Gasteiger charge is -2.33. The fraction of sp³-hybridized carbons (Fsp3) is 0.462. The highest BCUT2D eigenvalue weighted by molar-refractivity contribution is 7.92. The highest BCUT2D eigenvalue weighted by Crippen LogP contribution is 2.30. The molecule has 0 aliphatic carbocycles. The van der Waals surface area contributed by atoms with Crippen LogP contribution in [0.5, 0.6) is 5.75 Å². The molecule has 36 heavy (non-hydrogen) atoms. The van der Waals surface area contributed by atoms with Gasteiger partial charge in [0.25, 0.3) is 0 Å². The molecule has 0 bridgehead atoms. The van der Waals surface area contributed by atoms with E-state index in [1.807, 2.05) is 13.8 Å². The Morgan fingerprint density at radius 1 is 1.06 bits per heavy atom. The Bertz CT molecular complexity index is 1130. The number of amides is 2. The van der Waals surface area contributed by atoms with E-state index in [9.17, 15) is 18.0 Å². The average molecular weight is 538 g/mol. The van der Waals surface area contributed by atoms with Crippen molar-refractivity contribution < 1.29 is 22.7 Å². The summed E-state index contributed by atoms with van der Waals surface area (Å²) in [7, 11) is -3.86. The van der Waals surface area contributed by atoms with Gasteiger partial charge in [0, 0.05) is 18.1 Å². The van der Waals surface area contributed by atoms with E-state index in [0.717, 1.165) is 23.4 Å². The lowest BCUT2D eigenvalue weighted by atomic mass is 10.1. The molecule has 1 N–H and O–H groups in total. The first-order valence-corrected chi connectivity index (χ1v) is 14.4. The molecule has 0 fully saturated rings. The third-order valence-corrected chi connectivity index (χ3v) is 7.12. The van der Waals surface area contributed by atoms with Crippen LogP contribution in [0.2, 0.25) is 5.02 Å². The highest BCUT2D eigenvalue weighted by atomic mass is 35.5. The summed E-state index contributed by atoms with van der Waals surface area (Å²) in [6, 6.07) is 12.9. The fourth-order valence-corrected chi connectivity index (χ4v) is 4.82. The summed E-state index contributed by atoms with van der Waals surface area (Å²) >= 11 is 6.37. The number of para-hydroxylation sites is 2. The van der Waals surface area contributed by atoms with E-state index >= 15 is 0 Å². The topological polar surface area (TPSA) is 96.0 Å². The molecule has 0 radical (unpaired) electrons. The van der Waals surface area contributed by atoms with Crippen molar-refractivity contribution >= 4 is 39.1 Å². The van der Waals surface area contributed by atoms with Crippen molar-refractivity contribution in [3.8, 4) is 5.75 Å². The van der Waals surface area contributed by atoms with E-state index in [1.165, 1.54) is 4.90 Å². The van der Waals surface area contributed by atoms with E-state index in [4.69, 9.17) is 16.3 Å². The maximum absolute atomic E-state index is 13.7. The molecule has 0 saturated heterocycles. The molecule has 2 amide bonds. The van der Waals surface area contributed by atoms with Gasteiger partial charge in [-0.25, -0.2) is 8.42 Å². The summed E-state index contributed by atoms with van der Waals surface area (Å²) < 4.78 is 32.2. The van der Waals surface area contributed by atoms with Crippen molar-refractivity contribution in [1.29, 1.82) is 0 Å². The molecular formula is C26H36ClN3O5S. The molecule has 1 atom stereocenters. The standard InChI is InChI=1S/C26H36ClN3O5S/c1-5-8-17-28-26(32)22(6-2)29(18-20-13-9-10-14-21(20)27)25(31)19-30(36(4,33)34)23-15-11-12-16-24(23)35-7-3/h9-16,22H,5-8,17-19H2,1-4H3,(H,28,32)/t22-/m1/s1. The van der Waals surface area contributed by atoms with Crippen molar-refractivity contribution in [1.82, 2.24) is 10.2 Å². The molecule has 198 valence electrons. The molecule has 10 heteroatoms. The van der Waals surface area contributed by atoms with Gasteiger partial charge in [0.2, 0.25) is 21.8 Å². The lowest BCUT2D eigenvalue weighted by molar-refractivity contribution is -0.140. The zero-order valence-corrected chi connectivity index (χ0v) is 22.9. The maximum Gasteiger partial charge on any atom is 0.244 e. The number of carbonyl (C=O) groups is 2. The Labute approximate surface area is 219 Å². The van der Waals surface area contributed by atoms with Gasteiger partial charge in [-0.3, -0.25) is 13.9 Å². The lowest BCUT2D eigenvalue weighted by Crippen LogP contribution is -2.52. The molecule has 0 aromatic heterocycles. The van der Waals surface area contributed by atoms with Crippen LogP contribution in [0, 0.1) is 0 Å². The minimum Gasteiger partial charge on any atom is -0.492 e. The Balaban J connectivity index is 2.46. The zero-order valence-electron chi connectivity index (χ0n) is 21.4. The molecule has 0 heterocycles. The minimum atomic E-state index is -3.86. The number of hydrogen-bond acceptors (Lipinski definition) is 5. The predicted octanol–water partition coefficient (Wildman–Crippen LogP) is 4.23. The van der Waals surface area contributed by atoms with E-state index < -0.39 is 28.5 Å². The number of benzene rings is 2. The van der Waals surface area contributed by atoms with Gasteiger partial charge in [-0.15, -0.1) is 0 Å². The third kappa shape index (κ3) is 8.13. The predicted molar refractivity (Wildman–Crippen MR) is 144 cm³/mol. The van der Waals surface area contributed by atoms with Crippen molar-refractivity contribution in [2.45, 2.75) is 52.6 Å². The summed E-state index contributed by atoms with van der Waals surface area (Å²) in [6.45, 7) is 6.02. The van der Waals surface area contributed by atoms with Crippen LogP contribution in [0.1, 0.15) is 45.6 Å². The van der Waals surface area contributed by atoms with Gasteiger partial charge < -0.3 is 15.0 Å². The summed E-state index contributed by atoms with van der Waals surface area (Å²) in [6.07, 6.45) is 3.12. The molecule has 8 nitrogen and oxygen atoms in total. The zero-order chi connectivity index (χ0) is 26.7. The number of rotatable bonds is 14. The summed E-state index contributed by atoms with van der Waals surface area (Å²) in [5.41, 5.74) is 0.918. The number of hydrogen-bond donors (Lipinski definition) is 1. The van der Waals surface area contributed by atoms with Crippen molar-refractivity contribution in [3.63, 3.8) is 0 Å². The maximum atomic E-state index is 13.7. The number of unbranched alkanes of at least 4 members (excludes halogenated alkanes) is 1. The average Bonchev–Trinajstić information content (AvgIpc) is 2.83. The Hall–Kier alpha value is -2.78. The fourth-order valence-electron chi connectivity index (χ4n) is 3.77. The largest absolute Gasteiger partial charge is 0.492 e. The number of anilines is 1. The normalized spacial score (nSPS) is 12.0. The minimum absolute atomic E-state index is 0.0585. The SMILES string of the molecule is CCCCNC(=O)[C@@H](CC)N(Cc1ccccc1Cl)C(=O)CN(c1ccccc1OCC)S(C)(=O)=O. The van der Waals surface area contributed by atoms with Gasteiger partial charge in [0.1, 0.15) is 18.3 Å². The molecule has 2 rings (SSSR count). The van der Waals surface area contributed by atoms with Crippen molar-refractivity contribution in [2.24, 2.45) is 0 Å². The monoisotopic (exact) mass is 537 g/mol. The number of nitrogens with zero attached hydrogens (tertiary/aromatic N) is 2. The van der Waals surface area contributed by atoms with Crippen LogP contribution >= 0.6 is 11.6 Å². The smallest absolute Gasteiger partial charge is 0.244 e. The van der Waals surface area contributed by atoms with Crippen molar-refractivity contribution in [3.05, 3.63) is 59.1 Å². The number of sulfonamides is 1. The summed E-state index contributed by atoms with van der Waals surface area (Å²) in [4.78, 5) is 28.2. The number of halogens is 1. The number of carbonyl (C=O) groups excluding carboxylic acids is 2. The van der Waals surface area contributed by atoms with E-state index in [2.05, 4.69) is 5.32 Å². The highest BCUT2D eigenvalue weighted by Gasteiger charge is 2.32. The van der Waals surface area contributed by atoms with Gasteiger partial charge in [0.05, 0.1) is 18.6 Å². The van der Waals surface area contributed by atoms with Gasteiger partial charge in [0.15, 0.2) is 0 Å². The van der Waals surface area contributed by atoms with Crippen LogP contribution in [-0.2, 0) is 26.2 Å². The first kappa shape index (κ1) is 29.5. The Morgan fingerprint density at radius 2 is 1.72 bits per heavy atom. The molecule has 0 aliphatic rings. The molecule has 0 aliphatic heterocycles. The molecule has 0 unspecified atom stereocenters. The van der Waals surface area contributed by atoms with Crippen LogP contribution in [0.4, 0.5) is 5.69 Å². The molecular weight excluding hydrogens is 502 g/mol. The summed E-state index contributed by atoms with van der Waals surface area (Å²) in [5.74, 6) is -0.462. The van der Waals surface area contributed by atoms with Crippen LogP contribution in [0.15, 0.2) is 48.5 Å². The van der Waals surface area contributed by atoms with Crippen LogP contribution in [-0.4, -0.2) is 57.1 Å². The quantitative estimate of drug-likeness (QED) is 0.364. The van der Waals surface area contributed by atoms with E-state index in [1.54, 1.807) is 55.5 Å². The van der Waals surface area contributed by atoms with Gasteiger partial charge >= 0.3 is 0 Å². The van der Waals surface area contributed by atoms with E-state index in [-0.39, 0.29) is 18.1 Å². The Kier molecular flexibility index (Phi) is 11.5. The number of nitrogens with one attached hydrogen (secondary N) is 1. The second-order valence-corrected chi connectivity index (χ2v) is 10.7. The molecule has 0 saturated carbocycles. The van der Waals surface area contributed by atoms with Gasteiger partial charge in [-0.2, -0.15) is 0 Å². The van der Waals surface area contributed by atoms with Gasteiger partial charge in [-0.05, 0) is 43.5 Å². The first-order valence-electron chi connectivity index (χ1n) is 12.1. The van der Waals surface area contributed by atoms with Crippen LogP contribution < -0.4 is 14.4 Å². The molecule has 0 spiro atoms. The van der Waals surface area contributed by atoms with Crippen LogP contribution in [0.25, 0.3) is 0 Å². The first-order chi connectivity index (χ1) is 17.1. The second kappa shape index (κ2) is 14.1. The van der Waals surface area contributed by atoms with Gasteiger partial charge in [-0.1, -0.05) is 62.2 Å². The molecule has 2 aromatic carbocycles. The summed E-state index contributed by atoms with van der Waals surface area (Å²) in [5, 5.41) is 3.35. The Morgan fingerprint density at radius 3 is 2.33 bits per heavy atom. The van der Waals surface area contributed by atoms with Crippen LogP contribution in [0.3, 0.4) is 0 Å². The number of ether oxygens (including phenoxy) is 1. The van der Waals surface area contributed by atoms with E-state index in [0.29, 0.717) is 35.9 Å². The second-order valence-electron chi connectivity index (χ2n) is 8.35. The molecule has 2 aromatic rings.